The molecule has 3 aromatic rings. The highest BCUT2D eigenvalue weighted by Gasteiger charge is 2.50. The summed E-state index contributed by atoms with van der Waals surface area (Å²) in [7, 11) is 2.01. The van der Waals surface area contributed by atoms with Crippen LogP contribution < -0.4 is 4.90 Å². The molecule has 7 nitrogen and oxygen atoms in total. The van der Waals surface area contributed by atoms with Gasteiger partial charge in [-0.25, -0.2) is 9.97 Å². The average Bonchev–Trinajstić information content (AvgIpc) is 3.17. The van der Waals surface area contributed by atoms with Crippen LogP contribution in [0.1, 0.15) is 12.5 Å². The van der Waals surface area contributed by atoms with Crippen LogP contribution in [0, 0.1) is 5.95 Å². The maximum Gasteiger partial charge on any atom is 0.408 e. The lowest BCUT2D eigenvalue weighted by Gasteiger charge is -2.42. The number of rotatable bonds is 3. The van der Waals surface area contributed by atoms with Gasteiger partial charge in [-0.15, -0.1) is 0 Å². The molecule has 1 atom stereocenters. The number of imidazole rings is 1. The second-order valence-electron chi connectivity index (χ2n) is 7.35. The van der Waals surface area contributed by atoms with Crippen molar-refractivity contribution in [1.82, 2.24) is 29.0 Å². The largest absolute Gasteiger partial charge is 0.408 e. The number of fused-ring (bicyclic) bond motifs is 1. The molecule has 11 heteroatoms. The summed E-state index contributed by atoms with van der Waals surface area (Å²) >= 11 is 0. The fourth-order valence-electron chi connectivity index (χ4n) is 3.76. The van der Waals surface area contributed by atoms with Crippen LogP contribution in [0.5, 0.6) is 0 Å². The predicted octanol–water partition coefficient (Wildman–Crippen LogP) is 2.36. The maximum absolute atomic E-state index is 14.2. The van der Waals surface area contributed by atoms with E-state index in [-0.39, 0.29) is 30.5 Å². The second-order valence-corrected chi connectivity index (χ2v) is 7.35. The molecule has 0 spiro atoms. The van der Waals surface area contributed by atoms with E-state index < -0.39 is 18.2 Å². The first kappa shape index (κ1) is 17.4. The van der Waals surface area contributed by atoms with E-state index in [0.29, 0.717) is 11.3 Å². The Balaban J connectivity index is 1.56. The van der Waals surface area contributed by atoms with E-state index >= 15 is 0 Å². The summed E-state index contributed by atoms with van der Waals surface area (Å²) in [4.78, 5) is 11.6. The lowest BCUT2D eigenvalue weighted by molar-refractivity contribution is -0.159. The van der Waals surface area contributed by atoms with Gasteiger partial charge in [0.1, 0.15) is 6.04 Å². The van der Waals surface area contributed by atoms with Crippen LogP contribution in [0.2, 0.25) is 0 Å². The highest BCUT2D eigenvalue weighted by Crippen LogP contribution is 2.38. The van der Waals surface area contributed by atoms with Crippen molar-refractivity contribution < 1.29 is 17.6 Å². The summed E-state index contributed by atoms with van der Waals surface area (Å²) < 4.78 is 56.9. The number of aromatic nitrogens is 5. The zero-order chi connectivity index (χ0) is 19.6. The highest BCUT2D eigenvalue weighted by atomic mass is 19.4. The molecule has 0 saturated carbocycles. The third kappa shape index (κ3) is 2.64. The van der Waals surface area contributed by atoms with E-state index in [9.17, 15) is 17.6 Å². The van der Waals surface area contributed by atoms with Crippen LogP contribution in [0.15, 0.2) is 24.8 Å². The SMILES string of the molecule is CN1CC(n2cc(-c3cn4c(F)cnc4c(N4CC[C@@H]4C(F)(F)F)n3)cn2)C1. The van der Waals surface area contributed by atoms with Gasteiger partial charge in [0.2, 0.25) is 5.95 Å². The van der Waals surface area contributed by atoms with Gasteiger partial charge in [-0.2, -0.15) is 22.7 Å². The number of likely N-dealkylation sites (N-methyl/N-ethyl adjacent to an activating group) is 1. The first-order chi connectivity index (χ1) is 13.3. The predicted molar refractivity (Wildman–Crippen MR) is 92.5 cm³/mol. The quantitative estimate of drug-likeness (QED) is 0.638. The zero-order valence-electron chi connectivity index (χ0n) is 14.9. The minimum atomic E-state index is -4.38. The Kier molecular flexibility index (Phi) is 3.67. The molecule has 0 aromatic carbocycles. The van der Waals surface area contributed by atoms with Crippen molar-refractivity contribution in [3.63, 3.8) is 0 Å². The summed E-state index contributed by atoms with van der Waals surface area (Å²) in [5.74, 6) is -0.622. The summed E-state index contributed by atoms with van der Waals surface area (Å²) in [5.41, 5.74) is 1.05. The first-order valence-corrected chi connectivity index (χ1v) is 8.91. The van der Waals surface area contributed by atoms with Gasteiger partial charge < -0.3 is 9.80 Å². The van der Waals surface area contributed by atoms with Crippen molar-refractivity contribution in [1.29, 1.82) is 0 Å². The molecule has 2 saturated heterocycles. The fraction of sp³-hybridized carbons (Fsp3) is 0.471. The van der Waals surface area contributed by atoms with Gasteiger partial charge in [-0.1, -0.05) is 0 Å². The summed E-state index contributed by atoms with van der Waals surface area (Å²) in [6.07, 6.45) is 1.43. The Morgan fingerprint density at radius 1 is 1.14 bits per heavy atom. The number of nitrogens with zero attached hydrogens (tertiary/aromatic N) is 7. The van der Waals surface area contributed by atoms with Crippen LogP contribution in [0.3, 0.4) is 0 Å². The van der Waals surface area contributed by atoms with Crippen LogP contribution in [-0.2, 0) is 0 Å². The third-order valence-electron chi connectivity index (χ3n) is 5.42. The molecule has 0 bridgehead atoms. The molecule has 28 heavy (non-hydrogen) atoms. The van der Waals surface area contributed by atoms with Crippen molar-refractivity contribution in [3.8, 4) is 11.3 Å². The molecule has 0 N–H and O–H groups in total. The van der Waals surface area contributed by atoms with Crippen molar-refractivity contribution in [2.75, 3.05) is 31.6 Å². The van der Waals surface area contributed by atoms with E-state index in [1.165, 1.54) is 6.20 Å². The van der Waals surface area contributed by atoms with Crippen molar-refractivity contribution in [2.24, 2.45) is 0 Å². The highest BCUT2D eigenvalue weighted by molar-refractivity contribution is 5.71. The fourth-order valence-corrected chi connectivity index (χ4v) is 3.76. The van der Waals surface area contributed by atoms with Gasteiger partial charge in [-0.3, -0.25) is 9.08 Å². The van der Waals surface area contributed by atoms with E-state index in [1.54, 1.807) is 12.4 Å². The third-order valence-corrected chi connectivity index (χ3v) is 5.42. The molecule has 2 fully saturated rings. The summed E-state index contributed by atoms with van der Waals surface area (Å²) in [6, 6.07) is -1.39. The van der Waals surface area contributed by atoms with E-state index in [1.807, 2.05) is 11.7 Å². The Labute approximate surface area is 157 Å². The lowest BCUT2D eigenvalue weighted by atomic mass is 10.0. The minimum Gasteiger partial charge on any atom is -0.341 e. The van der Waals surface area contributed by atoms with Gasteiger partial charge in [0.05, 0.1) is 24.1 Å². The van der Waals surface area contributed by atoms with Crippen LogP contribution in [-0.4, -0.2) is 67.9 Å². The molecule has 2 aliphatic rings. The molecule has 5 rings (SSSR count). The zero-order valence-corrected chi connectivity index (χ0v) is 14.9. The van der Waals surface area contributed by atoms with Gasteiger partial charge in [0.15, 0.2) is 11.5 Å². The van der Waals surface area contributed by atoms with Crippen LogP contribution in [0.25, 0.3) is 16.9 Å². The number of hydrogen-bond acceptors (Lipinski definition) is 5. The Bertz CT molecular complexity index is 1030. The van der Waals surface area contributed by atoms with Gasteiger partial charge in [-0.05, 0) is 13.5 Å². The van der Waals surface area contributed by atoms with Gasteiger partial charge in [0, 0.05) is 37.6 Å². The number of alkyl halides is 3. The Morgan fingerprint density at radius 2 is 1.93 bits per heavy atom. The topological polar surface area (TPSA) is 54.5 Å². The number of hydrogen-bond donors (Lipinski definition) is 0. The van der Waals surface area contributed by atoms with E-state index in [4.69, 9.17) is 0 Å². The van der Waals surface area contributed by atoms with Gasteiger partial charge in [0.25, 0.3) is 0 Å². The minimum absolute atomic E-state index is 0.0160. The first-order valence-electron chi connectivity index (χ1n) is 8.91. The summed E-state index contributed by atoms with van der Waals surface area (Å²) in [6.45, 7) is 1.94. The number of anilines is 1. The molecule has 0 aliphatic carbocycles. The van der Waals surface area contributed by atoms with Gasteiger partial charge >= 0.3 is 6.18 Å². The Morgan fingerprint density at radius 3 is 2.57 bits per heavy atom. The molecule has 3 aromatic heterocycles. The molecular formula is C17H17F4N7. The molecular weight excluding hydrogens is 378 g/mol. The van der Waals surface area contributed by atoms with Crippen molar-refractivity contribution >= 4 is 11.5 Å². The molecule has 0 amide bonds. The normalized spacial score (nSPS) is 21.2. The second kappa shape index (κ2) is 5.90. The van der Waals surface area contributed by atoms with Crippen LogP contribution in [0.4, 0.5) is 23.4 Å². The molecule has 148 valence electrons. The number of halogens is 4. The standard InChI is InChI=1S/C17H17F4N7/c1-25-7-11(8-25)28-6-10(4-23-28)12-9-27-14(18)5-22-15(27)16(24-12)26-3-2-13(26)17(19,20)21/h4-6,9,11,13H,2-3,7-8H2,1H3/t13-/m1/s1. The summed E-state index contributed by atoms with van der Waals surface area (Å²) in [5, 5.41) is 4.34. The Hall–Kier alpha value is -2.69. The van der Waals surface area contributed by atoms with E-state index in [2.05, 4.69) is 20.0 Å². The molecule has 2 aliphatic heterocycles. The average molecular weight is 395 g/mol. The van der Waals surface area contributed by atoms with E-state index in [0.717, 1.165) is 28.6 Å². The lowest BCUT2D eigenvalue weighted by Crippen LogP contribution is -2.56. The van der Waals surface area contributed by atoms with Crippen molar-refractivity contribution in [3.05, 3.63) is 30.7 Å². The molecule has 0 radical (unpaired) electrons. The smallest absolute Gasteiger partial charge is 0.341 e. The van der Waals surface area contributed by atoms with Crippen LogP contribution >= 0.6 is 0 Å². The molecule has 5 heterocycles. The van der Waals surface area contributed by atoms with Crippen molar-refractivity contribution in [2.45, 2.75) is 24.7 Å². The number of likely N-dealkylation sites (tertiary alicyclic amines) is 1. The maximum atomic E-state index is 14.2. The molecule has 0 unspecified atom stereocenters. The monoisotopic (exact) mass is 395 g/mol.